The molecule has 0 saturated heterocycles. The fourth-order valence-corrected chi connectivity index (χ4v) is 2.36. The Labute approximate surface area is 148 Å². The maximum absolute atomic E-state index is 12.4. The molecule has 2 rings (SSSR count). The fourth-order valence-electron chi connectivity index (χ4n) is 2.36. The first-order chi connectivity index (χ1) is 11.9. The molecule has 0 spiro atoms. The second-order valence-corrected chi connectivity index (χ2v) is 6.87. The van der Waals surface area contributed by atoms with Gasteiger partial charge in [0.15, 0.2) is 6.61 Å². The molecule has 1 aromatic carbocycles. The van der Waals surface area contributed by atoms with Crippen molar-refractivity contribution < 1.29 is 13.9 Å². The van der Waals surface area contributed by atoms with Crippen molar-refractivity contribution in [2.24, 2.45) is 0 Å². The van der Waals surface area contributed by atoms with Gasteiger partial charge >= 0.3 is 0 Å². The Hall–Kier alpha value is -2.74. The number of carbonyl (C=O) groups excluding carboxylic acids is 1. The zero-order valence-electron chi connectivity index (χ0n) is 15.0. The average molecular weight is 340 g/mol. The number of benzene rings is 1. The van der Waals surface area contributed by atoms with E-state index in [2.05, 4.69) is 26.8 Å². The van der Waals surface area contributed by atoms with Crippen LogP contribution in [0.2, 0.25) is 0 Å². The molecule has 5 heteroatoms. The summed E-state index contributed by atoms with van der Waals surface area (Å²) in [6, 6.07) is 13.4. The van der Waals surface area contributed by atoms with Crippen molar-refractivity contribution in [3.8, 4) is 11.8 Å². The molecular formula is C20H24N2O3. The van der Waals surface area contributed by atoms with Crippen LogP contribution in [0.25, 0.3) is 0 Å². The standard InChI is InChI=1S/C20H24N2O3/c1-20(2,3)16-7-9-17(10-8-16)25-15-19(23)22(12-5-11-21)14-18-6-4-13-24-18/h4,6-10,13H,5,12,14-15H2,1-3H3. The minimum atomic E-state index is -0.174. The van der Waals surface area contributed by atoms with Gasteiger partial charge in [0.2, 0.25) is 0 Å². The number of hydrogen-bond donors (Lipinski definition) is 0. The van der Waals surface area contributed by atoms with E-state index < -0.39 is 0 Å². The first-order valence-corrected chi connectivity index (χ1v) is 8.30. The maximum atomic E-state index is 12.4. The highest BCUT2D eigenvalue weighted by atomic mass is 16.5. The van der Waals surface area contributed by atoms with Crippen LogP contribution in [0.4, 0.5) is 0 Å². The molecule has 2 aromatic rings. The number of ether oxygens (including phenoxy) is 1. The van der Waals surface area contributed by atoms with Crippen LogP contribution in [0.5, 0.6) is 5.75 Å². The van der Waals surface area contributed by atoms with Gasteiger partial charge in [-0.05, 0) is 35.2 Å². The molecule has 0 unspecified atom stereocenters. The molecule has 0 aliphatic rings. The third kappa shape index (κ3) is 5.68. The highest BCUT2D eigenvalue weighted by molar-refractivity contribution is 5.77. The van der Waals surface area contributed by atoms with Gasteiger partial charge in [0.1, 0.15) is 11.5 Å². The molecule has 0 aliphatic heterocycles. The van der Waals surface area contributed by atoms with E-state index >= 15 is 0 Å². The summed E-state index contributed by atoms with van der Waals surface area (Å²) in [5.74, 6) is 1.16. The number of rotatable bonds is 7. The number of amides is 1. The number of nitrogens with zero attached hydrogens (tertiary/aromatic N) is 2. The lowest BCUT2D eigenvalue weighted by Crippen LogP contribution is -2.35. The first-order valence-electron chi connectivity index (χ1n) is 8.30. The minimum Gasteiger partial charge on any atom is -0.484 e. The summed E-state index contributed by atoms with van der Waals surface area (Å²) in [5, 5.41) is 8.78. The van der Waals surface area contributed by atoms with Gasteiger partial charge in [-0.3, -0.25) is 4.79 Å². The van der Waals surface area contributed by atoms with Crippen LogP contribution in [0.15, 0.2) is 47.1 Å². The molecular weight excluding hydrogens is 316 g/mol. The molecule has 0 aliphatic carbocycles. The molecule has 1 aromatic heterocycles. The van der Waals surface area contributed by atoms with Crippen molar-refractivity contribution >= 4 is 5.91 Å². The summed E-state index contributed by atoms with van der Waals surface area (Å²) in [4.78, 5) is 14.0. The predicted octanol–water partition coefficient (Wildman–Crippen LogP) is 3.90. The van der Waals surface area contributed by atoms with Gasteiger partial charge in [-0.1, -0.05) is 32.9 Å². The Bertz CT molecular complexity index is 707. The van der Waals surface area contributed by atoms with Crippen LogP contribution in [0.1, 0.15) is 38.5 Å². The van der Waals surface area contributed by atoms with Crippen molar-refractivity contribution in [1.29, 1.82) is 5.26 Å². The van der Waals surface area contributed by atoms with Crippen LogP contribution < -0.4 is 4.74 Å². The summed E-state index contributed by atoms with van der Waals surface area (Å²) < 4.78 is 10.9. The van der Waals surface area contributed by atoms with Crippen LogP contribution in [-0.2, 0) is 16.8 Å². The van der Waals surface area contributed by atoms with Gasteiger partial charge in [0.25, 0.3) is 5.91 Å². The van der Waals surface area contributed by atoms with Gasteiger partial charge in [0.05, 0.1) is 25.3 Å². The molecule has 0 atom stereocenters. The molecule has 5 nitrogen and oxygen atoms in total. The van der Waals surface area contributed by atoms with E-state index in [4.69, 9.17) is 14.4 Å². The third-order valence-corrected chi connectivity index (χ3v) is 3.86. The van der Waals surface area contributed by atoms with Crippen LogP contribution in [0.3, 0.4) is 0 Å². The molecule has 0 bridgehead atoms. The molecule has 132 valence electrons. The predicted molar refractivity (Wildman–Crippen MR) is 95.0 cm³/mol. The first kappa shape index (κ1) is 18.6. The summed E-state index contributed by atoms with van der Waals surface area (Å²) in [5.41, 5.74) is 1.28. The van der Waals surface area contributed by atoms with Crippen molar-refractivity contribution in [2.45, 2.75) is 39.2 Å². The van der Waals surface area contributed by atoms with Crippen molar-refractivity contribution in [3.05, 3.63) is 54.0 Å². The minimum absolute atomic E-state index is 0.0685. The zero-order chi connectivity index (χ0) is 18.3. The summed E-state index contributed by atoms with van der Waals surface area (Å²) in [6.07, 6.45) is 1.84. The van der Waals surface area contributed by atoms with Crippen molar-refractivity contribution in [3.63, 3.8) is 0 Å². The second-order valence-electron chi connectivity index (χ2n) is 6.87. The highest BCUT2D eigenvalue weighted by Gasteiger charge is 2.17. The quantitative estimate of drug-likeness (QED) is 0.767. The van der Waals surface area contributed by atoms with Gasteiger partial charge in [0, 0.05) is 6.54 Å². The topological polar surface area (TPSA) is 66.5 Å². The van der Waals surface area contributed by atoms with Crippen LogP contribution >= 0.6 is 0 Å². The van der Waals surface area contributed by atoms with E-state index in [9.17, 15) is 4.79 Å². The van der Waals surface area contributed by atoms with E-state index in [0.29, 0.717) is 24.6 Å². The van der Waals surface area contributed by atoms with Crippen molar-refractivity contribution in [2.75, 3.05) is 13.2 Å². The Morgan fingerprint density at radius 2 is 1.96 bits per heavy atom. The third-order valence-electron chi connectivity index (χ3n) is 3.86. The molecule has 1 heterocycles. The number of carbonyl (C=O) groups is 1. The molecule has 1 amide bonds. The van der Waals surface area contributed by atoms with Crippen LogP contribution in [0, 0.1) is 11.3 Å². The number of furan rings is 1. The lowest BCUT2D eigenvalue weighted by molar-refractivity contribution is -0.134. The normalized spacial score (nSPS) is 11.0. The lowest BCUT2D eigenvalue weighted by atomic mass is 9.87. The monoisotopic (exact) mass is 340 g/mol. The molecule has 0 saturated carbocycles. The van der Waals surface area contributed by atoms with E-state index in [1.165, 1.54) is 5.56 Å². The summed E-state index contributed by atoms with van der Waals surface area (Å²) in [7, 11) is 0. The molecule has 0 radical (unpaired) electrons. The van der Waals surface area contributed by atoms with Gasteiger partial charge < -0.3 is 14.1 Å². The molecule has 0 fully saturated rings. The number of hydrogen-bond acceptors (Lipinski definition) is 4. The maximum Gasteiger partial charge on any atom is 0.260 e. The summed E-state index contributed by atoms with van der Waals surface area (Å²) in [6.45, 7) is 7.06. The zero-order valence-corrected chi connectivity index (χ0v) is 15.0. The Kier molecular flexibility index (Phi) is 6.24. The van der Waals surface area contributed by atoms with Crippen molar-refractivity contribution in [1.82, 2.24) is 4.90 Å². The fraction of sp³-hybridized carbons (Fsp3) is 0.400. The van der Waals surface area contributed by atoms with E-state index in [1.54, 1.807) is 23.3 Å². The lowest BCUT2D eigenvalue weighted by Gasteiger charge is -2.21. The summed E-state index contributed by atoms with van der Waals surface area (Å²) >= 11 is 0. The SMILES string of the molecule is CC(C)(C)c1ccc(OCC(=O)N(CCC#N)Cc2ccco2)cc1. The molecule has 25 heavy (non-hydrogen) atoms. The second kappa shape index (κ2) is 8.39. The smallest absolute Gasteiger partial charge is 0.260 e. The van der Waals surface area contributed by atoms with E-state index in [0.717, 1.165) is 0 Å². The highest BCUT2D eigenvalue weighted by Crippen LogP contribution is 2.24. The van der Waals surface area contributed by atoms with E-state index in [-0.39, 0.29) is 24.3 Å². The van der Waals surface area contributed by atoms with Gasteiger partial charge in [-0.15, -0.1) is 0 Å². The Balaban J connectivity index is 1.94. The Morgan fingerprint density at radius 1 is 1.24 bits per heavy atom. The number of nitriles is 1. The van der Waals surface area contributed by atoms with Gasteiger partial charge in [-0.25, -0.2) is 0 Å². The average Bonchev–Trinajstić information content (AvgIpc) is 3.09. The van der Waals surface area contributed by atoms with Gasteiger partial charge in [-0.2, -0.15) is 5.26 Å². The Morgan fingerprint density at radius 3 is 2.52 bits per heavy atom. The van der Waals surface area contributed by atoms with E-state index in [1.807, 2.05) is 24.3 Å². The largest absolute Gasteiger partial charge is 0.484 e. The van der Waals surface area contributed by atoms with Crippen LogP contribution in [-0.4, -0.2) is 24.0 Å². The molecule has 0 N–H and O–H groups in total.